The number of nitriles is 1. The summed E-state index contributed by atoms with van der Waals surface area (Å²) in [6.45, 7) is 4.67. The molecule has 1 aromatic carbocycles. The van der Waals surface area contributed by atoms with E-state index in [0.29, 0.717) is 17.8 Å². The standard InChI is InChI=1S/C15H21N3O/c1-11(2)14(7-4-8-16)15(19)18-13-6-3-5-12(9-13)10-17/h3,5-6,9,11,14H,4,7-8,16H2,1-2H3,(H,18,19). The van der Waals surface area contributed by atoms with E-state index in [1.54, 1.807) is 24.3 Å². The number of amides is 1. The zero-order valence-corrected chi connectivity index (χ0v) is 11.5. The van der Waals surface area contributed by atoms with Crippen LogP contribution in [-0.2, 0) is 4.79 Å². The molecule has 102 valence electrons. The Morgan fingerprint density at radius 1 is 1.47 bits per heavy atom. The average molecular weight is 259 g/mol. The van der Waals surface area contributed by atoms with E-state index >= 15 is 0 Å². The molecule has 0 radical (unpaired) electrons. The molecule has 0 aliphatic carbocycles. The van der Waals surface area contributed by atoms with Crippen molar-refractivity contribution >= 4 is 11.6 Å². The lowest BCUT2D eigenvalue weighted by molar-refractivity contribution is -0.121. The van der Waals surface area contributed by atoms with Crippen LogP contribution in [0.4, 0.5) is 5.69 Å². The van der Waals surface area contributed by atoms with Crippen molar-refractivity contribution < 1.29 is 4.79 Å². The van der Waals surface area contributed by atoms with Crippen molar-refractivity contribution in [3.8, 4) is 6.07 Å². The molecule has 0 fully saturated rings. The van der Waals surface area contributed by atoms with Crippen LogP contribution in [0.1, 0.15) is 32.3 Å². The van der Waals surface area contributed by atoms with E-state index in [-0.39, 0.29) is 17.7 Å². The summed E-state index contributed by atoms with van der Waals surface area (Å²) in [5, 5.41) is 11.7. The van der Waals surface area contributed by atoms with Gasteiger partial charge in [-0.25, -0.2) is 0 Å². The molecule has 1 amide bonds. The van der Waals surface area contributed by atoms with E-state index in [9.17, 15) is 4.79 Å². The Bertz CT molecular complexity index is 463. The predicted octanol–water partition coefficient (Wildman–Crippen LogP) is 2.51. The number of hydrogen-bond acceptors (Lipinski definition) is 3. The summed E-state index contributed by atoms with van der Waals surface area (Å²) in [5.74, 6) is 0.221. The number of anilines is 1. The third kappa shape index (κ3) is 4.72. The smallest absolute Gasteiger partial charge is 0.227 e. The SMILES string of the molecule is CC(C)C(CCCN)C(=O)Nc1cccc(C#N)c1. The van der Waals surface area contributed by atoms with Crippen LogP contribution in [0.5, 0.6) is 0 Å². The molecule has 0 saturated carbocycles. The van der Waals surface area contributed by atoms with Crippen LogP contribution in [-0.4, -0.2) is 12.5 Å². The molecule has 0 aliphatic heterocycles. The Morgan fingerprint density at radius 3 is 2.79 bits per heavy atom. The molecule has 0 heterocycles. The Hall–Kier alpha value is -1.86. The molecule has 1 rings (SSSR count). The highest BCUT2D eigenvalue weighted by molar-refractivity contribution is 5.92. The first-order valence-corrected chi connectivity index (χ1v) is 6.59. The maximum absolute atomic E-state index is 12.2. The van der Waals surface area contributed by atoms with E-state index in [1.807, 2.05) is 13.8 Å². The van der Waals surface area contributed by atoms with Crippen molar-refractivity contribution in [2.75, 3.05) is 11.9 Å². The lowest BCUT2D eigenvalue weighted by Gasteiger charge is -2.20. The van der Waals surface area contributed by atoms with Crippen LogP contribution in [0.2, 0.25) is 0 Å². The van der Waals surface area contributed by atoms with E-state index < -0.39 is 0 Å². The molecular formula is C15H21N3O. The van der Waals surface area contributed by atoms with Crippen molar-refractivity contribution in [2.45, 2.75) is 26.7 Å². The largest absolute Gasteiger partial charge is 0.330 e. The molecule has 4 nitrogen and oxygen atoms in total. The van der Waals surface area contributed by atoms with Crippen LogP contribution < -0.4 is 11.1 Å². The summed E-state index contributed by atoms with van der Waals surface area (Å²) in [4.78, 5) is 12.2. The maximum Gasteiger partial charge on any atom is 0.227 e. The fourth-order valence-electron chi connectivity index (χ4n) is 2.01. The van der Waals surface area contributed by atoms with Crippen LogP contribution in [0.3, 0.4) is 0 Å². The van der Waals surface area contributed by atoms with Crippen LogP contribution in [0.15, 0.2) is 24.3 Å². The van der Waals surface area contributed by atoms with Gasteiger partial charge in [-0.15, -0.1) is 0 Å². The molecule has 3 N–H and O–H groups in total. The Labute approximate surface area is 114 Å². The van der Waals surface area contributed by atoms with Gasteiger partial charge in [0, 0.05) is 11.6 Å². The van der Waals surface area contributed by atoms with Gasteiger partial charge in [0.25, 0.3) is 0 Å². The summed E-state index contributed by atoms with van der Waals surface area (Å²) in [6, 6.07) is 9.00. The number of nitrogens with zero attached hydrogens (tertiary/aromatic N) is 1. The second kappa shape index (κ2) is 7.55. The first-order valence-electron chi connectivity index (χ1n) is 6.59. The molecule has 0 bridgehead atoms. The van der Waals surface area contributed by atoms with E-state index in [0.717, 1.165) is 12.8 Å². The van der Waals surface area contributed by atoms with Gasteiger partial charge in [0.15, 0.2) is 0 Å². The lowest BCUT2D eigenvalue weighted by atomic mass is 9.90. The highest BCUT2D eigenvalue weighted by atomic mass is 16.1. The normalized spacial score (nSPS) is 11.9. The highest BCUT2D eigenvalue weighted by Gasteiger charge is 2.21. The number of nitrogens with one attached hydrogen (secondary N) is 1. The van der Waals surface area contributed by atoms with Crippen molar-refractivity contribution in [3.63, 3.8) is 0 Å². The minimum Gasteiger partial charge on any atom is -0.330 e. The van der Waals surface area contributed by atoms with Gasteiger partial charge < -0.3 is 11.1 Å². The predicted molar refractivity (Wildman–Crippen MR) is 76.4 cm³/mol. The second-order valence-electron chi connectivity index (χ2n) is 4.96. The fraction of sp³-hybridized carbons (Fsp3) is 0.467. The quantitative estimate of drug-likeness (QED) is 0.823. The van der Waals surface area contributed by atoms with Crippen molar-refractivity contribution in [1.29, 1.82) is 5.26 Å². The van der Waals surface area contributed by atoms with Gasteiger partial charge in [0.2, 0.25) is 5.91 Å². The van der Waals surface area contributed by atoms with Gasteiger partial charge in [-0.3, -0.25) is 4.79 Å². The number of nitrogens with two attached hydrogens (primary N) is 1. The average Bonchev–Trinajstić information content (AvgIpc) is 2.39. The molecule has 1 aromatic rings. The fourth-order valence-corrected chi connectivity index (χ4v) is 2.01. The summed E-state index contributed by atoms with van der Waals surface area (Å²) in [5.41, 5.74) is 6.71. The topological polar surface area (TPSA) is 78.9 Å². The van der Waals surface area contributed by atoms with E-state index in [2.05, 4.69) is 11.4 Å². The number of hydrogen-bond donors (Lipinski definition) is 2. The van der Waals surface area contributed by atoms with Gasteiger partial charge >= 0.3 is 0 Å². The van der Waals surface area contributed by atoms with Gasteiger partial charge in [-0.1, -0.05) is 19.9 Å². The first-order chi connectivity index (χ1) is 9.08. The number of carbonyl (C=O) groups excluding carboxylic acids is 1. The molecule has 1 unspecified atom stereocenters. The van der Waals surface area contributed by atoms with Crippen LogP contribution >= 0.6 is 0 Å². The monoisotopic (exact) mass is 259 g/mol. The van der Waals surface area contributed by atoms with Crippen LogP contribution in [0.25, 0.3) is 0 Å². The number of rotatable bonds is 6. The van der Waals surface area contributed by atoms with Crippen molar-refractivity contribution in [3.05, 3.63) is 29.8 Å². The molecule has 1 atom stereocenters. The van der Waals surface area contributed by atoms with E-state index in [4.69, 9.17) is 11.0 Å². The molecular weight excluding hydrogens is 238 g/mol. The second-order valence-corrected chi connectivity index (χ2v) is 4.96. The molecule has 0 aliphatic rings. The zero-order valence-electron chi connectivity index (χ0n) is 11.5. The summed E-state index contributed by atoms with van der Waals surface area (Å²) in [6.07, 6.45) is 1.63. The summed E-state index contributed by atoms with van der Waals surface area (Å²) in [7, 11) is 0. The minimum absolute atomic E-state index is 0.00135. The molecule has 4 heteroatoms. The van der Waals surface area contributed by atoms with Gasteiger partial charge in [-0.05, 0) is 43.5 Å². The molecule has 0 spiro atoms. The zero-order chi connectivity index (χ0) is 14.3. The van der Waals surface area contributed by atoms with Gasteiger partial charge in [0.1, 0.15) is 0 Å². The van der Waals surface area contributed by atoms with Gasteiger partial charge in [-0.2, -0.15) is 5.26 Å². The van der Waals surface area contributed by atoms with E-state index in [1.165, 1.54) is 0 Å². The Kier molecular flexibility index (Phi) is 6.04. The molecule has 0 saturated heterocycles. The summed E-state index contributed by atoms with van der Waals surface area (Å²) >= 11 is 0. The summed E-state index contributed by atoms with van der Waals surface area (Å²) < 4.78 is 0. The highest BCUT2D eigenvalue weighted by Crippen LogP contribution is 2.20. The minimum atomic E-state index is -0.0470. The Morgan fingerprint density at radius 2 is 2.21 bits per heavy atom. The lowest BCUT2D eigenvalue weighted by Crippen LogP contribution is -2.27. The molecule has 19 heavy (non-hydrogen) atoms. The number of carbonyl (C=O) groups is 1. The number of benzene rings is 1. The van der Waals surface area contributed by atoms with Gasteiger partial charge in [0.05, 0.1) is 11.6 Å². The maximum atomic E-state index is 12.2. The third-order valence-corrected chi connectivity index (χ3v) is 3.12. The molecule has 0 aromatic heterocycles. The third-order valence-electron chi connectivity index (χ3n) is 3.12. The van der Waals surface area contributed by atoms with Crippen LogP contribution in [0, 0.1) is 23.2 Å². The first kappa shape index (κ1) is 15.2. The Balaban J connectivity index is 2.72. The van der Waals surface area contributed by atoms with Crippen molar-refractivity contribution in [2.24, 2.45) is 17.6 Å². The van der Waals surface area contributed by atoms with Crippen molar-refractivity contribution in [1.82, 2.24) is 0 Å².